The van der Waals surface area contributed by atoms with E-state index >= 15 is 0 Å². The lowest BCUT2D eigenvalue weighted by molar-refractivity contribution is -0.384. The van der Waals surface area contributed by atoms with Crippen molar-refractivity contribution >= 4 is 40.2 Å². The Morgan fingerprint density at radius 2 is 2.18 bits per heavy atom. The molecule has 1 fully saturated rings. The number of amidine groups is 1. The van der Waals surface area contributed by atoms with Crippen molar-refractivity contribution in [2.75, 3.05) is 11.9 Å². The molecular formula is C13H12N3O5S-. The van der Waals surface area contributed by atoms with Crippen molar-refractivity contribution in [2.45, 2.75) is 18.6 Å². The van der Waals surface area contributed by atoms with Crippen LogP contribution in [0.4, 0.5) is 11.4 Å². The highest BCUT2D eigenvalue weighted by molar-refractivity contribution is 8.16. The van der Waals surface area contributed by atoms with Gasteiger partial charge in [0.05, 0.1) is 15.9 Å². The van der Waals surface area contributed by atoms with Crippen LogP contribution in [0.3, 0.4) is 0 Å². The number of aliphatic imine (C=N–C) groups is 1. The number of anilines is 1. The molecule has 1 amide bonds. The number of nitrogens with zero attached hydrogens (tertiary/aromatic N) is 3. The molecule has 0 radical (unpaired) electrons. The highest BCUT2D eigenvalue weighted by Gasteiger charge is 2.39. The fraction of sp³-hybridized carbons (Fsp3) is 0.308. The van der Waals surface area contributed by atoms with E-state index in [2.05, 4.69) is 4.99 Å². The number of non-ortho nitro benzene ring substituents is 1. The van der Waals surface area contributed by atoms with Crippen LogP contribution < -0.4 is 10.0 Å². The first-order valence-corrected chi connectivity index (χ1v) is 7.15. The van der Waals surface area contributed by atoms with Gasteiger partial charge in [-0.25, -0.2) is 0 Å². The van der Waals surface area contributed by atoms with Gasteiger partial charge < -0.3 is 9.90 Å². The van der Waals surface area contributed by atoms with Crippen LogP contribution in [0.25, 0.3) is 0 Å². The maximum absolute atomic E-state index is 12.4. The number of carbonyl (C=O) groups excluding carboxylic acids is 2. The molecule has 0 unspecified atom stereocenters. The molecule has 1 aromatic rings. The molecule has 0 saturated carbocycles. The van der Waals surface area contributed by atoms with Gasteiger partial charge in [0.25, 0.3) is 5.69 Å². The minimum atomic E-state index is -1.33. The van der Waals surface area contributed by atoms with Gasteiger partial charge in [-0.2, -0.15) is 0 Å². The molecule has 1 atom stereocenters. The van der Waals surface area contributed by atoms with Crippen molar-refractivity contribution in [1.29, 1.82) is 0 Å². The quantitative estimate of drug-likeness (QED) is 0.588. The molecular weight excluding hydrogens is 310 g/mol. The van der Waals surface area contributed by atoms with E-state index < -0.39 is 28.5 Å². The summed E-state index contributed by atoms with van der Waals surface area (Å²) in [7, 11) is 1.47. The van der Waals surface area contributed by atoms with Gasteiger partial charge >= 0.3 is 0 Å². The molecule has 8 nitrogen and oxygen atoms in total. The summed E-state index contributed by atoms with van der Waals surface area (Å²) in [5, 5.41) is 21.1. The number of benzene rings is 1. The van der Waals surface area contributed by atoms with Crippen molar-refractivity contribution in [1.82, 2.24) is 0 Å². The van der Waals surface area contributed by atoms with Crippen molar-refractivity contribution in [3.8, 4) is 0 Å². The number of carbonyl (C=O) groups is 2. The third kappa shape index (κ3) is 2.93. The van der Waals surface area contributed by atoms with E-state index in [4.69, 9.17) is 0 Å². The van der Waals surface area contributed by atoms with E-state index in [0.29, 0.717) is 16.4 Å². The Balaban J connectivity index is 2.46. The summed E-state index contributed by atoms with van der Waals surface area (Å²) in [4.78, 5) is 38.7. The average molecular weight is 322 g/mol. The first kappa shape index (κ1) is 16.0. The summed E-state index contributed by atoms with van der Waals surface area (Å²) < 4.78 is 0. The Kier molecular flexibility index (Phi) is 4.45. The minimum absolute atomic E-state index is 0.155. The van der Waals surface area contributed by atoms with Gasteiger partial charge in [-0.3, -0.25) is 24.8 Å². The Labute approximate surface area is 130 Å². The maximum atomic E-state index is 12.4. The highest BCUT2D eigenvalue weighted by atomic mass is 32.2. The van der Waals surface area contributed by atoms with Gasteiger partial charge in [0.2, 0.25) is 5.91 Å². The molecule has 1 saturated heterocycles. The van der Waals surface area contributed by atoms with E-state index in [1.54, 1.807) is 6.92 Å². The van der Waals surface area contributed by atoms with Crippen LogP contribution in [0.2, 0.25) is 0 Å². The summed E-state index contributed by atoms with van der Waals surface area (Å²) in [5.74, 6) is -1.81. The summed E-state index contributed by atoms with van der Waals surface area (Å²) in [5.41, 5.74) is 0.820. The van der Waals surface area contributed by atoms with Gasteiger partial charge in [0, 0.05) is 31.6 Å². The van der Waals surface area contributed by atoms with Gasteiger partial charge in [0.1, 0.15) is 0 Å². The molecule has 0 N–H and O–H groups in total. The molecule has 0 aliphatic carbocycles. The van der Waals surface area contributed by atoms with Crippen LogP contribution in [0.15, 0.2) is 23.2 Å². The topological polar surface area (TPSA) is 116 Å². The smallest absolute Gasteiger partial charge is 0.271 e. The molecule has 9 heteroatoms. The van der Waals surface area contributed by atoms with Gasteiger partial charge in [-0.05, 0) is 12.5 Å². The molecule has 1 heterocycles. The zero-order chi connectivity index (χ0) is 16.4. The molecule has 1 aliphatic heterocycles. The zero-order valence-corrected chi connectivity index (χ0v) is 12.6. The Morgan fingerprint density at radius 1 is 1.50 bits per heavy atom. The second-order valence-corrected chi connectivity index (χ2v) is 5.76. The van der Waals surface area contributed by atoms with Gasteiger partial charge in [-0.15, -0.1) is 0 Å². The summed E-state index contributed by atoms with van der Waals surface area (Å²) in [6.07, 6.45) is -0.438. The molecule has 0 aromatic heterocycles. The normalized spacial score (nSPS) is 19.7. The second kappa shape index (κ2) is 6.14. The molecule has 1 aliphatic rings. The minimum Gasteiger partial charge on any atom is -0.550 e. The lowest BCUT2D eigenvalue weighted by Crippen LogP contribution is -2.35. The first-order valence-electron chi connectivity index (χ1n) is 6.27. The summed E-state index contributed by atoms with van der Waals surface area (Å²) >= 11 is 1.01. The fourth-order valence-electron chi connectivity index (χ4n) is 2.08. The van der Waals surface area contributed by atoms with Crippen molar-refractivity contribution < 1.29 is 19.6 Å². The fourth-order valence-corrected chi connectivity index (χ4v) is 3.15. The summed E-state index contributed by atoms with van der Waals surface area (Å²) in [6, 6.07) is 4.15. The standard InChI is InChI=1S/C13H13N3O5S/c1-7-3-4-8(16(20)21)5-9(7)15-12(19)10(6-11(17)18)22-13(15)14-2/h3-5,10H,6H2,1-2H3,(H,17,18)/p-1/t10-/m0/s1. The predicted octanol–water partition coefficient (Wildman–Crippen LogP) is 0.477. The first-order chi connectivity index (χ1) is 10.3. The number of carboxylic acid groups (broad SMARTS) is 1. The number of hydrogen-bond donors (Lipinski definition) is 0. The van der Waals surface area contributed by atoms with E-state index in [-0.39, 0.29) is 5.69 Å². The predicted molar refractivity (Wildman–Crippen MR) is 79.7 cm³/mol. The maximum Gasteiger partial charge on any atom is 0.271 e. The Bertz CT molecular complexity index is 688. The second-order valence-electron chi connectivity index (χ2n) is 4.59. The van der Waals surface area contributed by atoms with Crippen LogP contribution in [0, 0.1) is 17.0 Å². The molecule has 0 bridgehead atoms. The van der Waals surface area contributed by atoms with Crippen molar-refractivity contribution in [3.05, 3.63) is 33.9 Å². The lowest BCUT2D eigenvalue weighted by Gasteiger charge is -2.18. The SMILES string of the molecule is CN=C1S[C@@H](CC(=O)[O-])C(=O)N1c1cc([N+](=O)[O-])ccc1C. The number of nitro benzene ring substituents is 1. The third-order valence-electron chi connectivity index (χ3n) is 3.12. The number of nitro groups is 1. The van der Waals surface area contributed by atoms with Crippen LogP contribution >= 0.6 is 11.8 Å². The van der Waals surface area contributed by atoms with Crippen molar-refractivity contribution in [3.63, 3.8) is 0 Å². The molecule has 0 spiro atoms. The van der Waals surface area contributed by atoms with Gasteiger partial charge in [-0.1, -0.05) is 17.8 Å². The van der Waals surface area contributed by atoms with Gasteiger partial charge in [0.15, 0.2) is 5.17 Å². The number of hydrogen-bond acceptors (Lipinski definition) is 7. The van der Waals surface area contributed by atoms with E-state index in [9.17, 15) is 24.8 Å². The number of aryl methyl sites for hydroxylation is 1. The average Bonchev–Trinajstić information content (AvgIpc) is 2.75. The molecule has 2 rings (SSSR count). The number of aliphatic carboxylic acids is 1. The van der Waals surface area contributed by atoms with Crippen molar-refractivity contribution in [2.24, 2.45) is 4.99 Å². The number of carboxylic acids is 1. The largest absolute Gasteiger partial charge is 0.550 e. The van der Waals surface area contributed by atoms with Crippen LogP contribution in [-0.4, -0.2) is 34.3 Å². The highest BCUT2D eigenvalue weighted by Crippen LogP contribution is 2.36. The monoisotopic (exact) mass is 322 g/mol. The Hall–Kier alpha value is -2.42. The Morgan fingerprint density at radius 3 is 2.73 bits per heavy atom. The molecule has 22 heavy (non-hydrogen) atoms. The van der Waals surface area contributed by atoms with E-state index in [0.717, 1.165) is 11.8 Å². The number of thioether (sulfide) groups is 1. The lowest BCUT2D eigenvalue weighted by atomic mass is 10.1. The van der Waals surface area contributed by atoms with E-state index in [1.807, 2.05) is 0 Å². The molecule has 116 valence electrons. The van der Waals surface area contributed by atoms with Crippen LogP contribution in [0.5, 0.6) is 0 Å². The number of rotatable bonds is 4. The summed E-state index contributed by atoms with van der Waals surface area (Å²) in [6.45, 7) is 1.70. The molecule has 1 aromatic carbocycles. The van der Waals surface area contributed by atoms with Crippen LogP contribution in [-0.2, 0) is 9.59 Å². The zero-order valence-electron chi connectivity index (χ0n) is 11.8. The number of amides is 1. The van der Waals surface area contributed by atoms with Crippen LogP contribution in [0.1, 0.15) is 12.0 Å². The third-order valence-corrected chi connectivity index (χ3v) is 4.35. The van der Waals surface area contributed by atoms with E-state index in [1.165, 1.54) is 30.1 Å².